The van der Waals surface area contributed by atoms with Gasteiger partial charge in [-0.25, -0.2) is 0 Å². The Balaban J connectivity index is 0.955. The summed E-state index contributed by atoms with van der Waals surface area (Å²) in [4.78, 5) is 55.3. The molecule has 4 amide bonds. The van der Waals surface area contributed by atoms with E-state index in [1.165, 1.54) is 0 Å². The third-order valence-corrected chi connectivity index (χ3v) is 7.81. The van der Waals surface area contributed by atoms with Gasteiger partial charge in [0.15, 0.2) is 0 Å². The molecule has 4 aromatic rings. The van der Waals surface area contributed by atoms with Crippen molar-refractivity contribution < 1.29 is 28.3 Å². The fourth-order valence-electron chi connectivity index (χ4n) is 5.66. The molecule has 0 spiro atoms. The Hall–Kier alpha value is -4.87. The predicted molar refractivity (Wildman–Crippen MR) is 162 cm³/mol. The van der Waals surface area contributed by atoms with E-state index in [9.17, 15) is 19.2 Å². The molecule has 44 heavy (non-hydrogen) atoms. The number of hydrogen-bond donors (Lipinski definition) is 3. The van der Waals surface area contributed by atoms with Gasteiger partial charge in [-0.2, -0.15) is 0 Å². The SMILES string of the molecule is O=C1CCC(N2C(=O)c3cccc(NCCCOCCCNC(c4cccnc4)c4cc5ccccc5o4)c3C2=O)C(=O)N1. The zero-order chi connectivity index (χ0) is 30.5. The van der Waals surface area contributed by atoms with Crippen LogP contribution in [0.4, 0.5) is 5.69 Å². The Labute approximate surface area is 254 Å². The van der Waals surface area contributed by atoms with Crippen molar-refractivity contribution in [3.05, 3.63) is 95.5 Å². The minimum absolute atomic E-state index is 0.0807. The van der Waals surface area contributed by atoms with Gasteiger partial charge in [-0.15, -0.1) is 0 Å². The Morgan fingerprint density at radius 3 is 2.61 bits per heavy atom. The van der Waals surface area contributed by atoms with E-state index in [4.69, 9.17) is 9.15 Å². The van der Waals surface area contributed by atoms with E-state index >= 15 is 0 Å². The second kappa shape index (κ2) is 13.2. The number of ether oxygens (including phenoxy) is 1. The monoisotopic (exact) mass is 595 g/mol. The van der Waals surface area contributed by atoms with Gasteiger partial charge in [-0.3, -0.25) is 34.4 Å². The largest absolute Gasteiger partial charge is 0.459 e. The minimum atomic E-state index is -0.991. The van der Waals surface area contributed by atoms with Gasteiger partial charge in [0.25, 0.3) is 11.8 Å². The average Bonchev–Trinajstić information content (AvgIpc) is 3.57. The molecular weight excluding hydrogens is 562 g/mol. The van der Waals surface area contributed by atoms with Gasteiger partial charge in [0.1, 0.15) is 17.4 Å². The molecule has 4 heterocycles. The fourth-order valence-corrected chi connectivity index (χ4v) is 5.66. The number of pyridine rings is 1. The molecule has 0 aliphatic carbocycles. The summed E-state index contributed by atoms with van der Waals surface area (Å²) in [5.74, 6) is -1.25. The Morgan fingerprint density at radius 2 is 1.82 bits per heavy atom. The van der Waals surface area contributed by atoms with Gasteiger partial charge in [0.2, 0.25) is 11.8 Å². The zero-order valence-electron chi connectivity index (χ0n) is 24.1. The molecule has 2 aliphatic rings. The van der Waals surface area contributed by atoms with Gasteiger partial charge >= 0.3 is 0 Å². The van der Waals surface area contributed by atoms with Gasteiger partial charge in [-0.1, -0.05) is 30.3 Å². The second-order valence-corrected chi connectivity index (χ2v) is 10.8. The number of fused-ring (bicyclic) bond motifs is 2. The van der Waals surface area contributed by atoms with Crippen LogP contribution in [-0.2, 0) is 14.3 Å². The van der Waals surface area contributed by atoms with Crippen molar-refractivity contribution in [1.82, 2.24) is 20.5 Å². The molecule has 3 N–H and O–H groups in total. The molecule has 0 bridgehead atoms. The molecule has 2 atom stereocenters. The highest BCUT2D eigenvalue weighted by molar-refractivity contribution is 6.25. The molecule has 2 aromatic carbocycles. The topological polar surface area (TPSA) is 143 Å². The molecular formula is C33H33N5O6. The van der Waals surface area contributed by atoms with E-state index in [0.717, 1.165) is 33.6 Å². The predicted octanol–water partition coefficient (Wildman–Crippen LogP) is 3.82. The number of carbonyl (C=O) groups is 4. The number of carbonyl (C=O) groups excluding carboxylic acids is 4. The number of piperidine rings is 1. The zero-order valence-corrected chi connectivity index (χ0v) is 24.1. The summed E-state index contributed by atoms with van der Waals surface area (Å²) in [5.41, 5.74) is 2.90. The summed E-state index contributed by atoms with van der Waals surface area (Å²) in [5, 5.41) is 10.1. The van der Waals surface area contributed by atoms with Crippen LogP contribution in [0.2, 0.25) is 0 Å². The molecule has 2 unspecified atom stereocenters. The lowest BCUT2D eigenvalue weighted by atomic mass is 10.0. The van der Waals surface area contributed by atoms with Crippen LogP contribution in [0.1, 0.15) is 63.8 Å². The number of anilines is 1. The normalized spacial score (nSPS) is 17.2. The molecule has 0 saturated carbocycles. The molecule has 11 heteroatoms. The van der Waals surface area contributed by atoms with Crippen molar-refractivity contribution in [2.24, 2.45) is 0 Å². The summed E-state index contributed by atoms with van der Waals surface area (Å²) in [6.07, 6.45) is 5.27. The summed E-state index contributed by atoms with van der Waals surface area (Å²) < 4.78 is 12.0. The molecule has 1 saturated heterocycles. The Morgan fingerprint density at radius 1 is 0.977 bits per heavy atom. The first kappa shape index (κ1) is 29.2. The fraction of sp³-hybridized carbons (Fsp3) is 0.303. The Kier molecular flexibility index (Phi) is 8.76. The van der Waals surface area contributed by atoms with E-state index in [0.29, 0.717) is 38.4 Å². The van der Waals surface area contributed by atoms with Crippen LogP contribution in [-0.4, -0.2) is 65.9 Å². The highest BCUT2D eigenvalue weighted by atomic mass is 16.5. The third-order valence-electron chi connectivity index (χ3n) is 7.81. The molecule has 226 valence electrons. The lowest BCUT2D eigenvalue weighted by Crippen LogP contribution is -2.54. The molecule has 2 aliphatic heterocycles. The quantitative estimate of drug-likeness (QED) is 0.155. The first-order valence-corrected chi connectivity index (χ1v) is 14.8. The van der Waals surface area contributed by atoms with Crippen LogP contribution in [0.15, 0.2) is 77.5 Å². The van der Waals surface area contributed by atoms with E-state index in [1.807, 2.05) is 42.6 Å². The number of furan rings is 1. The highest BCUT2D eigenvalue weighted by Gasteiger charge is 2.45. The van der Waals surface area contributed by atoms with E-state index in [-0.39, 0.29) is 30.0 Å². The number of aromatic nitrogens is 1. The maximum absolute atomic E-state index is 13.2. The third kappa shape index (κ3) is 6.10. The van der Waals surface area contributed by atoms with Crippen molar-refractivity contribution in [2.75, 3.05) is 31.6 Å². The van der Waals surface area contributed by atoms with Crippen molar-refractivity contribution in [1.29, 1.82) is 0 Å². The number of para-hydroxylation sites is 1. The number of hydrogen-bond acceptors (Lipinski definition) is 9. The maximum Gasteiger partial charge on any atom is 0.264 e. The second-order valence-electron chi connectivity index (χ2n) is 10.8. The number of amides is 4. The van der Waals surface area contributed by atoms with Gasteiger partial charge in [-0.05, 0) is 61.7 Å². The smallest absolute Gasteiger partial charge is 0.264 e. The Bertz CT molecular complexity index is 1650. The average molecular weight is 596 g/mol. The van der Waals surface area contributed by atoms with Gasteiger partial charge in [0.05, 0.1) is 17.2 Å². The van der Waals surface area contributed by atoms with Crippen molar-refractivity contribution in [3.8, 4) is 0 Å². The number of benzene rings is 2. The van der Waals surface area contributed by atoms with E-state index in [2.05, 4.69) is 27.0 Å². The van der Waals surface area contributed by atoms with Crippen LogP contribution in [0.25, 0.3) is 11.0 Å². The van der Waals surface area contributed by atoms with Gasteiger partial charge in [0, 0.05) is 49.6 Å². The summed E-state index contributed by atoms with van der Waals surface area (Å²) in [7, 11) is 0. The minimum Gasteiger partial charge on any atom is -0.459 e. The van der Waals surface area contributed by atoms with Crippen LogP contribution in [0, 0.1) is 0 Å². The molecule has 1 fully saturated rings. The maximum atomic E-state index is 13.2. The molecule has 2 aromatic heterocycles. The first-order valence-electron chi connectivity index (χ1n) is 14.8. The standard InChI is InChI=1S/C33H33N5O6/c39-28-13-12-25(31(40)37-28)38-32(41)23-9-3-10-24(29(23)33(38)42)35-15-5-17-43-18-6-16-36-30(22-8-4-14-34-20-22)27-19-21-7-1-2-11-26(21)44-27/h1-4,7-11,14,19-20,25,30,35-36H,5-6,12-13,15-18H2,(H,37,39,40). The molecule has 11 nitrogen and oxygen atoms in total. The van der Waals surface area contributed by atoms with Crippen LogP contribution in [0.5, 0.6) is 0 Å². The lowest BCUT2D eigenvalue weighted by molar-refractivity contribution is -0.136. The summed E-state index contributed by atoms with van der Waals surface area (Å²) in [6, 6.07) is 17.8. The highest BCUT2D eigenvalue weighted by Crippen LogP contribution is 2.32. The lowest BCUT2D eigenvalue weighted by Gasteiger charge is -2.27. The summed E-state index contributed by atoms with van der Waals surface area (Å²) in [6.45, 7) is 2.34. The van der Waals surface area contributed by atoms with Crippen LogP contribution < -0.4 is 16.0 Å². The van der Waals surface area contributed by atoms with Crippen molar-refractivity contribution in [3.63, 3.8) is 0 Å². The van der Waals surface area contributed by atoms with E-state index in [1.54, 1.807) is 24.4 Å². The summed E-state index contributed by atoms with van der Waals surface area (Å²) >= 11 is 0. The number of imide groups is 2. The number of nitrogens with one attached hydrogen (secondary N) is 3. The first-order chi connectivity index (χ1) is 21.5. The van der Waals surface area contributed by atoms with Crippen molar-refractivity contribution >= 4 is 40.3 Å². The molecule has 6 rings (SSSR count). The van der Waals surface area contributed by atoms with Crippen LogP contribution in [0.3, 0.4) is 0 Å². The van der Waals surface area contributed by atoms with Crippen molar-refractivity contribution in [2.45, 2.75) is 37.8 Å². The number of rotatable bonds is 13. The number of nitrogens with zero attached hydrogens (tertiary/aromatic N) is 2. The van der Waals surface area contributed by atoms with E-state index < -0.39 is 29.7 Å². The van der Waals surface area contributed by atoms with Gasteiger partial charge < -0.3 is 19.8 Å². The van der Waals surface area contributed by atoms with Crippen LogP contribution >= 0.6 is 0 Å². The molecule has 0 radical (unpaired) electrons.